The van der Waals surface area contributed by atoms with Gasteiger partial charge in [-0.25, -0.2) is 8.42 Å². The minimum Gasteiger partial charge on any atom is -0.361 e. The first kappa shape index (κ1) is 22.3. The summed E-state index contributed by atoms with van der Waals surface area (Å²) >= 11 is 0. The van der Waals surface area contributed by atoms with E-state index in [0.29, 0.717) is 5.56 Å². The highest BCUT2D eigenvalue weighted by Crippen LogP contribution is 2.36. The van der Waals surface area contributed by atoms with Gasteiger partial charge >= 0.3 is 0 Å². The van der Waals surface area contributed by atoms with E-state index in [0.717, 1.165) is 22.0 Å². The summed E-state index contributed by atoms with van der Waals surface area (Å²) in [5.74, 6) is -0.507. The zero-order chi connectivity index (χ0) is 22.9. The predicted octanol–water partition coefficient (Wildman–Crippen LogP) is 4.72. The van der Waals surface area contributed by atoms with Crippen molar-refractivity contribution in [2.24, 2.45) is 0 Å². The molecule has 0 aliphatic heterocycles. The largest absolute Gasteiger partial charge is 0.361 e. The van der Waals surface area contributed by atoms with Gasteiger partial charge in [0.15, 0.2) is 9.84 Å². The summed E-state index contributed by atoms with van der Waals surface area (Å²) < 4.78 is 59.1. The summed E-state index contributed by atoms with van der Waals surface area (Å²) in [5, 5.41) is 0.936. The molecule has 1 atom stereocenters. The van der Waals surface area contributed by atoms with Crippen LogP contribution in [0.4, 0.5) is 0 Å². The Bertz CT molecular complexity index is 1470. The maximum absolute atomic E-state index is 13.0. The Morgan fingerprint density at radius 2 is 1.59 bits per heavy atom. The fraction of sp³-hybridized carbons (Fsp3) is 0.167. The monoisotopic (exact) mass is 469 g/mol. The molecule has 2 N–H and O–H groups in total. The smallest absolute Gasteiger partial charge is 0.294 e. The van der Waals surface area contributed by atoms with Crippen LogP contribution in [0, 0.1) is 6.92 Å². The maximum atomic E-state index is 13.0. The number of nitrogens with one attached hydrogen (secondary N) is 1. The van der Waals surface area contributed by atoms with Crippen molar-refractivity contribution in [2.45, 2.75) is 29.1 Å². The van der Waals surface area contributed by atoms with E-state index in [2.05, 4.69) is 4.98 Å². The second-order valence-electron chi connectivity index (χ2n) is 7.75. The fourth-order valence-corrected chi connectivity index (χ4v) is 5.93. The lowest BCUT2D eigenvalue weighted by Gasteiger charge is -2.22. The zero-order valence-corrected chi connectivity index (χ0v) is 19.0. The van der Waals surface area contributed by atoms with Gasteiger partial charge in [0, 0.05) is 23.0 Å². The first-order chi connectivity index (χ1) is 15.2. The molecule has 1 aromatic heterocycles. The number of hydrogen-bond donors (Lipinski definition) is 2. The van der Waals surface area contributed by atoms with Gasteiger partial charge in [0.1, 0.15) is 0 Å². The van der Waals surface area contributed by atoms with Crippen LogP contribution in [-0.2, 0) is 20.0 Å². The van der Waals surface area contributed by atoms with Crippen molar-refractivity contribution < 1.29 is 21.4 Å². The van der Waals surface area contributed by atoms with E-state index in [1.165, 1.54) is 12.1 Å². The molecule has 4 aromatic rings. The number of aryl methyl sites for hydroxylation is 1. The third kappa shape index (κ3) is 4.48. The molecule has 0 aliphatic carbocycles. The average molecular weight is 470 g/mol. The van der Waals surface area contributed by atoms with Crippen molar-refractivity contribution in [3.8, 4) is 0 Å². The fourth-order valence-electron chi connectivity index (χ4n) is 4.07. The van der Waals surface area contributed by atoms with Crippen LogP contribution >= 0.6 is 0 Å². The number of benzene rings is 3. The molecule has 4 rings (SSSR count). The molecule has 1 unspecified atom stereocenters. The molecule has 166 valence electrons. The summed E-state index contributed by atoms with van der Waals surface area (Å²) in [7, 11) is -7.94. The van der Waals surface area contributed by atoms with Gasteiger partial charge in [0.2, 0.25) is 0 Å². The van der Waals surface area contributed by atoms with E-state index in [-0.39, 0.29) is 22.0 Å². The lowest BCUT2D eigenvalue weighted by atomic mass is 9.85. The van der Waals surface area contributed by atoms with Gasteiger partial charge in [-0.1, -0.05) is 36.4 Å². The first-order valence-corrected chi connectivity index (χ1v) is 13.2. The first-order valence-electron chi connectivity index (χ1n) is 10.1. The molecule has 0 aliphatic rings. The topological polar surface area (TPSA) is 104 Å². The van der Waals surface area contributed by atoms with Gasteiger partial charge in [0.05, 0.1) is 15.5 Å². The summed E-state index contributed by atoms with van der Waals surface area (Å²) in [6.07, 6.45) is 2.06. The molecular formula is C24H23NO5S2. The lowest BCUT2D eigenvalue weighted by molar-refractivity contribution is 0.483. The number of aromatic nitrogens is 1. The quantitative estimate of drug-likeness (QED) is 0.381. The van der Waals surface area contributed by atoms with E-state index in [1.807, 2.05) is 37.4 Å². The lowest BCUT2D eigenvalue weighted by Crippen LogP contribution is -2.13. The highest BCUT2D eigenvalue weighted by molar-refractivity contribution is 7.91. The Morgan fingerprint density at radius 1 is 0.844 bits per heavy atom. The molecule has 1 heterocycles. The molecule has 0 spiro atoms. The van der Waals surface area contributed by atoms with E-state index < -0.39 is 25.9 Å². The number of fused-ring (bicyclic) bond motifs is 1. The van der Waals surface area contributed by atoms with Crippen LogP contribution in [0.3, 0.4) is 0 Å². The molecule has 0 saturated carbocycles. The van der Waals surface area contributed by atoms with Crippen molar-refractivity contribution in [2.75, 3.05) is 5.75 Å². The van der Waals surface area contributed by atoms with Crippen molar-refractivity contribution in [3.05, 3.63) is 95.7 Å². The maximum Gasteiger partial charge on any atom is 0.294 e. The van der Waals surface area contributed by atoms with E-state index >= 15 is 0 Å². The molecule has 0 radical (unpaired) electrons. The molecule has 0 amide bonds. The number of sulfone groups is 1. The molecule has 32 heavy (non-hydrogen) atoms. The Kier molecular flexibility index (Phi) is 5.94. The molecular weight excluding hydrogens is 446 g/mol. The highest BCUT2D eigenvalue weighted by Gasteiger charge is 2.24. The standard InChI is InChI=1S/C24H23NO5S2/c1-17-10-11-19(32(28,29)30)16-23(17)21(20-8-5-9-24-22(20)12-14-25-24)13-15-31(26,27)18-6-3-2-4-7-18/h2-12,14,16,21,25H,13,15H2,1H3,(H,28,29,30). The third-order valence-corrected chi connectivity index (χ3v) is 8.32. The molecule has 3 aromatic carbocycles. The van der Waals surface area contributed by atoms with E-state index in [4.69, 9.17) is 0 Å². The van der Waals surface area contributed by atoms with Crippen molar-refractivity contribution in [1.82, 2.24) is 4.98 Å². The Hall–Kier alpha value is -2.94. The molecule has 0 bridgehead atoms. The normalized spacial score (nSPS) is 13.3. The number of hydrogen-bond acceptors (Lipinski definition) is 4. The molecule has 8 heteroatoms. The molecule has 0 saturated heterocycles. The van der Waals surface area contributed by atoms with Crippen LogP contribution in [0.5, 0.6) is 0 Å². The van der Waals surface area contributed by atoms with Crippen LogP contribution in [0.25, 0.3) is 10.9 Å². The van der Waals surface area contributed by atoms with Gasteiger partial charge < -0.3 is 4.98 Å². The zero-order valence-electron chi connectivity index (χ0n) is 17.4. The van der Waals surface area contributed by atoms with Crippen LogP contribution in [0.15, 0.2) is 88.8 Å². The molecule has 6 nitrogen and oxygen atoms in total. The number of aromatic amines is 1. The third-order valence-electron chi connectivity index (χ3n) is 5.71. The summed E-state index contributed by atoms with van der Waals surface area (Å²) in [4.78, 5) is 3.20. The van der Waals surface area contributed by atoms with Crippen LogP contribution in [-0.4, -0.2) is 32.1 Å². The summed E-state index contributed by atoms with van der Waals surface area (Å²) in [6.45, 7) is 1.85. The van der Waals surface area contributed by atoms with Crippen LogP contribution in [0.1, 0.15) is 29.0 Å². The van der Waals surface area contributed by atoms with Crippen molar-refractivity contribution in [1.29, 1.82) is 0 Å². The minimum atomic E-state index is -4.40. The second-order valence-corrected chi connectivity index (χ2v) is 11.3. The SMILES string of the molecule is Cc1ccc(S(=O)(=O)O)cc1C(CCS(=O)(=O)c1ccccc1)c1cccc2[nH]ccc12. The van der Waals surface area contributed by atoms with Gasteiger partial charge in [-0.2, -0.15) is 8.42 Å². The van der Waals surface area contributed by atoms with Gasteiger partial charge in [0.25, 0.3) is 10.1 Å². The van der Waals surface area contributed by atoms with Gasteiger partial charge in [-0.05, 0) is 66.4 Å². The number of rotatable bonds is 7. The number of H-pyrrole nitrogens is 1. The van der Waals surface area contributed by atoms with Gasteiger partial charge in [-0.3, -0.25) is 4.55 Å². The highest BCUT2D eigenvalue weighted by atomic mass is 32.2. The Balaban J connectivity index is 1.83. The average Bonchev–Trinajstić information content (AvgIpc) is 3.24. The Morgan fingerprint density at radius 3 is 2.31 bits per heavy atom. The summed E-state index contributed by atoms with van der Waals surface area (Å²) in [6, 6.07) is 20.4. The van der Waals surface area contributed by atoms with Crippen LogP contribution in [0.2, 0.25) is 0 Å². The van der Waals surface area contributed by atoms with E-state index in [1.54, 1.807) is 36.4 Å². The minimum absolute atomic E-state index is 0.113. The van der Waals surface area contributed by atoms with Gasteiger partial charge in [-0.15, -0.1) is 0 Å². The predicted molar refractivity (Wildman–Crippen MR) is 124 cm³/mol. The van der Waals surface area contributed by atoms with E-state index in [9.17, 15) is 21.4 Å². The van der Waals surface area contributed by atoms with Crippen molar-refractivity contribution in [3.63, 3.8) is 0 Å². The molecule has 0 fully saturated rings. The Labute approximate surface area is 187 Å². The second kappa shape index (κ2) is 8.54. The van der Waals surface area contributed by atoms with Crippen LogP contribution < -0.4 is 0 Å². The summed E-state index contributed by atoms with van der Waals surface area (Å²) in [5.41, 5.74) is 3.27. The van der Waals surface area contributed by atoms with Crippen molar-refractivity contribution >= 4 is 30.9 Å².